The third kappa shape index (κ3) is 3.70. The van der Waals surface area contributed by atoms with Crippen LogP contribution in [0.1, 0.15) is 19.4 Å². The van der Waals surface area contributed by atoms with Crippen molar-refractivity contribution in [2.24, 2.45) is 5.73 Å². The molecule has 18 heavy (non-hydrogen) atoms. The van der Waals surface area contributed by atoms with Crippen LogP contribution in [0.3, 0.4) is 0 Å². The number of hydrogen-bond acceptors (Lipinski definition) is 4. The summed E-state index contributed by atoms with van der Waals surface area (Å²) >= 11 is 0. The Balaban J connectivity index is 2.95. The summed E-state index contributed by atoms with van der Waals surface area (Å²) in [6.07, 6.45) is -0.389. The second-order valence-electron chi connectivity index (χ2n) is 4.19. The lowest BCUT2D eigenvalue weighted by Gasteiger charge is -2.17. The van der Waals surface area contributed by atoms with E-state index >= 15 is 0 Å². The molecule has 0 saturated carbocycles. The SMILES string of the molecule is COC(=O)C(C)Oc1c(F)cccc1CC(C)N. The summed E-state index contributed by atoms with van der Waals surface area (Å²) in [7, 11) is 1.26. The zero-order valence-corrected chi connectivity index (χ0v) is 10.8. The second-order valence-corrected chi connectivity index (χ2v) is 4.19. The molecule has 0 saturated heterocycles. The molecule has 2 N–H and O–H groups in total. The molecule has 100 valence electrons. The van der Waals surface area contributed by atoms with Gasteiger partial charge >= 0.3 is 5.97 Å². The molecule has 1 rings (SSSR count). The first-order valence-electron chi connectivity index (χ1n) is 5.73. The fraction of sp³-hybridized carbons (Fsp3) is 0.462. The number of hydrogen-bond donors (Lipinski definition) is 1. The molecule has 0 aliphatic rings. The van der Waals surface area contributed by atoms with Gasteiger partial charge in [0.05, 0.1) is 7.11 Å². The zero-order valence-electron chi connectivity index (χ0n) is 10.8. The molecule has 0 aliphatic carbocycles. The maximum absolute atomic E-state index is 13.7. The van der Waals surface area contributed by atoms with E-state index in [0.29, 0.717) is 12.0 Å². The molecule has 0 heterocycles. The highest BCUT2D eigenvalue weighted by Gasteiger charge is 2.19. The predicted octanol–water partition coefficient (Wildman–Crippen LogP) is 1.66. The number of halogens is 1. The summed E-state index contributed by atoms with van der Waals surface area (Å²) < 4.78 is 23.6. The average Bonchev–Trinajstić information content (AvgIpc) is 2.31. The number of ether oxygens (including phenoxy) is 2. The van der Waals surface area contributed by atoms with Gasteiger partial charge in [-0.15, -0.1) is 0 Å². The minimum Gasteiger partial charge on any atom is -0.476 e. The van der Waals surface area contributed by atoms with E-state index in [2.05, 4.69) is 4.74 Å². The third-order valence-electron chi connectivity index (χ3n) is 2.42. The van der Waals surface area contributed by atoms with Crippen LogP contribution in [0.25, 0.3) is 0 Å². The van der Waals surface area contributed by atoms with Crippen LogP contribution < -0.4 is 10.5 Å². The highest BCUT2D eigenvalue weighted by Crippen LogP contribution is 2.25. The lowest BCUT2D eigenvalue weighted by atomic mass is 10.1. The van der Waals surface area contributed by atoms with Crippen molar-refractivity contribution in [3.63, 3.8) is 0 Å². The van der Waals surface area contributed by atoms with Gasteiger partial charge in [-0.25, -0.2) is 9.18 Å². The van der Waals surface area contributed by atoms with Gasteiger partial charge in [0.15, 0.2) is 17.7 Å². The van der Waals surface area contributed by atoms with Crippen LogP contribution in [-0.2, 0) is 16.0 Å². The molecule has 2 atom stereocenters. The zero-order chi connectivity index (χ0) is 13.7. The van der Waals surface area contributed by atoms with Gasteiger partial charge < -0.3 is 15.2 Å². The van der Waals surface area contributed by atoms with Crippen LogP contribution in [0, 0.1) is 5.82 Å². The second kappa shape index (κ2) is 6.35. The average molecular weight is 255 g/mol. The molecular formula is C13H18FNO3. The summed E-state index contributed by atoms with van der Waals surface area (Å²) in [5, 5.41) is 0. The number of benzene rings is 1. The van der Waals surface area contributed by atoms with E-state index in [4.69, 9.17) is 10.5 Å². The van der Waals surface area contributed by atoms with Crippen molar-refractivity contribution < 1.29 is 18.7 Å². The Labute approximate surface area is 106 Å². The predicted molar refractivity (Wildman–Crippen MR) is 65.9 cm³/mol. The molecule has 1 aromatic rings. The molecule has 0 spiro atoms. The topological polar surface area (TPSA) is 61.5 Å². The van der Waals surface area contributed by atoms with Crippen LogP contribution in [-0.4, -0.2) is 25.2 Å². The fourth-order valence-corrected chi connectivity index (χ4v) is 1.58. The van der Waals surface area contributed by atoms with Crippen molar-refractivity contribution >= 4 is 5.97 Å². The number of carbonyl (C=O) groups excluding carboxylic acids is 1. The molecule has 0 fully saturated rings. The van der Waals surface area contributed by atoms with Crippen molar-refractivity contribution in [3.8, 4) is 5.75 Å². The van der Waals surface area contributed by atoms with E-state index in [-0.39, 0.29) is 11.8 Å². The molecule has 0 aromatic heterocycles. The van der Waals surface area contributed by atoms with Gasteiger partial charge in [-0.1, -0.05) is 12.1 Å². The Bertz CT molecular complexity index is 421. The van der Waals surface area contributed by atoms with E-state index in [1.54, 1.807) is 12.1 Å². The molecule has 2 unspecified atom stereocenters. The first kappa shape index (κ1) is 14.4. The fourth-order valence-electron chi connectivity index (χ4n) is 1.58. The minimum atomic E-state index is -0.862. The number of rotatable bonds is 5. The molecular weight excluding hydrogens is 237 g/mol. The van der Waals surface area contributed by atoms with Gasteiger partial charge in [0.1, 0.15) is 0 Å². The smallest absolute Gasteiger partial charge is 0.346 e. The molecule has 0 aliphatic heterocycles. The van der Waals surface area contributed by atoms with E-state index in [1.165, 1.54) is 20.1 Å². The quantitative estimate of drug-likeness (QED) is 0.813. The highest BCUT2D eigenvalue weighted by molar-refractivity contribution is 5.74. The summed E-state index contributed by atoms with van der Waals surface area (Å²) in [5.41, 5.74) is 6.33. The van der Waals surface area contributed by atoms with Gasteiger partial charge in [0.2, 0.25) is 0 Å². The van der Waals surface area contributed by atoms with Gasteiger partial charge in [-0.3, -0.25) is 0 Å². The van der Waals surface area contributed by atoms with E-state index in [9.17, 15) is 9.18 Å². The van der Waals surface area contributed by atoms with Crippen molar-refractivity contribution in [3.05, 3.63) is 29.6 Å². The summed E-state index contributed by atoms with van der Waals surface area (Å²) in [6, 6.07) is 4.47. The first-order chi connectivity index (χ1) is 8.45. The Morgan fingerprint density at radius 1 is 1.44 bits per heavy atom. The maximum Gasteiger partial charge on any atom is 0.346 e. The minimum absolute atomic E-state index is 0.0627. The number of para-hydroxylation sites is 1. The summed E-state index contributed by atoms with van der Waals surface area (Å²) in [6.45, 7) is 3.33. The molecule has 0 radical (unpaired) electrons. The number of methoxy groups -OCH3 is 1. The van der Waals surface area contributed by atoms with Crippen molar-refractivity contribution in [2.75, 3.05) is 7.11 Å². The Morgan fingerprint density at radius 2 is 2.11 bits per heavy atom. The highest BCUT2D eigenvalue weighted by atomic mass is 19.1. The van der Waals surface area contributed by atoms with Crippen LogP contribution in [0.5, 0.6) is 5.75 Å². The van der Waals surface area contributed by atoms with Crippen molar-refractivity contribution in [2.45, 2.75) is 32.4 Å². The molecule has 1 aromatic carbocycles. The lowest BCUT2D eigenvalue weighted by Crippen LogP contribution is -2.26. The Morgan fingerprint density at radius 3 is 2.67 bits per heavy atom. The van der Waals surface area contributed by atoms with Crippen LogP contribution in [0.4, 0.5) is 4.39 Å². The van der Waals surface area contributed by atoms with E-state index < -0.39 is 17.9 Å². The monoisotopic (exact) mass is 255 g/mol. The molecule has 0 bridgehead atoms. The van der Waals surface area contributed by atoms with Crippen molar-refractivity contribution in [1.29, 1.82) is 0 Å². The van der Waals surface area contributed by atoms with Crippen LogP contribution >= 0.6 is 0 Å². The largest absolute Gasteiger partial charge is 0.476 e. The Hall–Kier alpha value is -1.62. The number of esters is 1. The van der Waals surface area contributed by atoms with E-state index in [0.717, 1.165) is 0 Å². The summed E-state index contributed by atoms with van der Waals surface area (Å²) in [4.78, 5) is 11.3. The number of carbonyl (C=O) groups is 1. The Kier molecular flexibility index (Phi) is 5.09. The molecule has 5 heteroatoms. The van der Waals surface area contributed by atoms with Crippen molar-refractivity contribution in [1.82, 2.24) is 0 Å². The maximum atomic E-state index is 13.7. The van der Waals surface area contributed by atoms with Gasteiger partial charge in [-0.2, -0.15) is 0 Å². The molecule has 4 nitrogen and oxygen atoms in total. The van der Waals surface area contributed by atoms with E-state index in [1.807, 2.05) is 6.92 Å². The lowest BCUT2D eigenvalue weighted by molar-refractivity contribution is -0.148. The van der Waals surface area contributed by atoms with Gasteiger partial charge in [0.25, 0.3) is 0 Å². The normalized spacial score (nSPS) is 13.8. The van der Waals surface area contributed by atoms with Crippen LogP contribution in [0.2, 0.25) is 0 Å². The molecule has 0 amide bonds. The van der Waals surface area contributed by atoms with Crippen LogP contribution in [0.15, 0.2) is 18.2 Å². The van der Waals surface area contributed by atoms with Gasteiger partial charge in [0, 0.05) is 6.04 Å². The first-order valence-corrected chi connectivity index (χ1v) is 5.73. The summed E-state index contributed by atoms with van der Waals surface area (Å²) in [5.74, 6) is -0.999. The standard InChI is InChI=1S/C13H18FNO3/c1-8(15)7-10-5-4-6-11(14)12(10)18-9(2)13(16)17-3/h4-6,8-9H,7,15H2,1-3H3. The van der Waals surface area contributed by atoms with Gasteiger partial charge in [-0.05, 0) is 31.9 Å². The number of nitrogens with two attached hydrogens (primary N) is 1. The third-order valence-corrected chi connectivity index (χ3v) is 2.42.